The number of hydrogen-bond donors (Lipinski definition) is 0. The Morgan fingerprint density at radius 3 is 2.62 bits per heavy atom. The number of benzene rings is 1. The number of thiophene rings is 1. The van der Waals surface area contributed by atoms with Crippen molar-refractivity contribution in [2.24, 2.45) is 5.92 Å². The lowest BCUT2D eigenvalue weighted by molar-refractivity contribution is -0.137. The number of hydrogen-bond acceptors (Lipinski definition) is 6. The molecule has 1 saturated heterocycles. The normalized spacial score (nSPS) is 15.8. The SMILES string of the molecule is COc1ccc(N2CC(C(=O)N(Cc3ccco3)Cc3ccc(C)s3)CC2=O)cc1OC. The van der Waals surface area contributed by atoms with Crippen LogP contribution in [-0.2, 0) is 22.7 Å². The molecule has 0 spiro atoms. The van der Waals surface area contributed by atoms with Crippen LogP contribution in [0, 0.1) is 12.8 Å². The highest BCUT2D eigenvalue weighted by atomic mass is 32.1. The molecular formula is C24H26N2O5S. The third kappa shape index (κ3) is 4.65. The van der Waals surface area contributed by atoms with E-state index in [1.54, 1.807) is 59.8 Å². The Balaban J connectivity index is 1.53. The number of ether oxygens (including phenoxy) is 2. The van der Waals surface area contributed by atoms with Gasteiger partial charge in [-0.1, -0.05) is 0 Å². The van der Waals surface area contributed by atoms with Crippen LogP contribution in [0.3, 0.4) is 0 Å². The molecule has 0 bridgehead atoms. The third-order valence-electron chi connectivity index (χ3n) is 5.53. The summed E-state index contributed by atoms with van der Waals surface area (Å²) in [6, 6.07) is 13.1. The molecule has 0 N–H and O–H groups in total. The van der Waals surface area contributed by atoms with Crippen molar-refractivity contribution in [3.8, 4) is 11.5 Å². The Morgan fingerprint density at radius 1 is 1.16 bits per heavy atom. The lowest BCUT2D eigenvalue weighted by Crippen LogP contribution is -2.36. The lowest BCUT2D eigenvalue weighted by atomic mass is 10.1. The third-order valence-corrected chi connectivity index (χ3v) is 6.52. The van der Waals surface area contributed by atoms with E-state index in [0.29, 0.717) is 42.6 Å². The van der Waals surface area contributed by atoms with Gasteiger partial charge < -0.3 is 23.7 Å². The van der Waals surface area contributed by atoms with Gasteiger partial charge in [0.25, 0.3) is 0 Å². The average Bonchev–Trinajstić information content (AvgIpc) is 3.54. The standard InChI is InChI=1S/C24H26N2O5S/c1-16-6-8-20(32-16)15-25(14-19-5-4-10-31-19)24(28)17-11-23(27)26(13-17)18-7-9-21(29-2)22(12-18)30-3/h4-10,12,17H,11,13-15H2,1-3H3. The van der Waals surface area contributed by atoms with E-state index in [0.717, 1.165) is 4.88 Å². The first-order valence-electron chi connectivity index (χ1n) is 10.4. The molecule has 0 radical (unpaired) electrons. The minimum absolute atomic E-state index is 0.0521. The molecule has 1 unspecified atom stereocenters. The number of carbonyl (C=O) groups is 2. The highest BCUT2D eigenvalue weighted by Gasteiger charge is 2.37. The van der Waals surface area contributed by atoms with E-state index >= 15 is 0 Å². The van der Waals surface area contributed by atoms with Gasteiger partial charge in [-0.05, 0) is 43.3 Å². The summed E-state index contributed by atoms with van der Waals surface area (Å²) in [5, 5.41) is 0. The molecule has 8 heteroatoms. The summed E-state index contributed by atoms with van der Waals surface area (Å²) < 4.78 is 16.1. The fraction of sp³-hybridized carbons (Fsp3) is 0.333. The molecule has 1 aliphatic heterocycles. The average molecular weight is 455 g/mol. The van der Waals surface area contributed by atoms with Crippen LogP contribution in [0.2, 0.25) is 0 Å². The van der Waals surface area contributed by atoms with Crippen LogP contribution in [0.4, 0.5) is 5.69 Å². The molecule has 1 aromatic carbocycles. The van der Waals surface area contributed by atoms with Gasteiger partial charge in [0.05, 0.1) is 39.5 Å². The summed E-state index contributed by atoms with van der Waals surface area (Å²) in [5.74, 6) is 1.29. The Kier molecular flexibility index (Phi) is 6.50. The van der Waals surface area contributed by atoms with E-state index in [4.69, 9.17) is 13.9 Å². The van der Waals surface area contributed by atoms with E-state index in [9.17, 15) is 9.59 Å². The monoisotopic (exact) mass is 454 g/mol. The molecule has 1 fully saturated rings. The van der Waals surface area contributed by atoms with Crippen LogP contribution in [0.25, 0.3) is 0 Å². The van der Waals surface area contributed by atoms with Crippen LogP contribution in [0.5, 0.6) is 11.5 Å². The van der Waals surface area contributed by atoms with Crippen LogP contribution >= 0.6 is 11.3 Å². The zero-order valence-electron chi connectivity index (χ0n) is 18.4. The maximum absolute atomic E-state index is 13.5. The van der Waals surface area contributed by atoms with Gasteiger partial charge in [-0.2, -0.15) is 0 Å². The van der Waals surface area contributed by atoms with Gasteiger partial charge in [-0.3, -0.25) is 9.59 Å². The molecule has 2 amide bonds. The number of aryl methyl sites for hydroxylation is 1. The van der Waals surface area contributed by atoms with Gasteiger partial charge in [0.15, 0.2) is 11.5 Å². The van der Waals surface area contributed by atoms with Crippen LogP contribution < -0.4 is 14.4 Å². The van der Waals surface area contributed by atoms with Crippen LogP contribution in [0.1, 0.15) is 21.9 Å². The molecule has 7 nitrogen and oxygen atoms in total. The van der Waals surface area contributed by atoms with Crippen molar-refractivity contribution < 1.29 is 23.5 Å². The molecule has 0 aliphatic carbocycles. The van der Waals surface area contributed by atoms with E-state index in [1.165, 1.54) is 4.88 Å². The number of amides is 2. The smallest absolute Gasteiger partial charge is 0.228 e. The van der Waals surface area contributed by atoms with Gasteiger partial charge in [-0.25, -0.2) is 0 Å². The lowest BCUT2D eigenvalue weighted by Gasteiger charge is -2.24. The van der Waals surface area contributed by atoms with Crippen molar-refractivity contribution in [3.05, 3.63) is 64.2 Å². The number of furan rings is 1. The van der Waals surface area contributed by atoms with Crippen molar-refractivity contribution in [2.75, 3.05) is 25.7 Å². The van der Waals surface area contributed by atoms with E-state index in [1.807, 2.05) is 31.2 Å². The highest BCUT2D eigenvalue weighted by Crippen LogP contribution is 2.34. The summed E-state index contributed by atoms with van der Waals surface area (Å²) in [6.07, 6.45) is 1.77. The summed E-state index contributed by atoms with van der Waals surface area (Å²) in [5.41, 5.74) is 0.689. The van der Waals surface area contributed by atoms with Gasteiger partial charge in [0.1, 0.15) is 5.76 Å². The summed E-state index contributed by atoms with van der Waals surface area (Å²) in [4.78, 5) is 32.0. The number of methoxy groups -OCH3 is 2. The number of rotatable bonds is 8. The number of nitrogens with zero attached hydrogens (tertiary/aromatic N) is 2. The maximum atomic E-state index is 13.5. The predicted molar refractivity (Wildman–Crippen MR) is 122 cm³/mol. The first-order chi connectivity index (χ1) is 15.5. The van der Waals surface area contributed by atoms with Gasteiger partial charge in [0.2, 0.25) is 11.8 Å². The Morgan fingerprint density at radius 2 is 1.97 bits per heavy atom. The molecule has 3 aromatic rings. The van der Waals surface area contributed by atoms with Crippen molar-refractivity contribution in [1.29, 1.82) is 0 Å². The van der Waals surface area contributed by atoms with Crippen LogP contribution in [-0.4, -0.2) is 37.5 Å². The topological polar surface area (TPSA) is 72.2 Å². The molecule has 1 atom stereocenters. The molecule has 168 valence electrons. The van der Waals surface area contributed by atoms with Gasteiger partial charge in [-0.15, -0.1) is 11.3 Å². The Bertz CT molecular complexity index is 1090. The van der Waals surface area contributed by atoms with Crippen LogP contribution in [0.15, 0.2) is 53.1 Å². The number of carbonyl (C=O) groups excluding carboxylic acids is 2. The zero-order chi connectivity index (χ0) is 22.7. The molecule has 0 saturated carbocycles. The second-order valence-electron chi connectivity index (χ2n) is 7.73. The Labute approximate surface area is 191 Å². The quantitative estimate of drug-likeness (QED) is 0.509. The van der Waals surface area contributed by atoms with E-state index in [2.05, 4.69) is 0 Å². The summed E-state index contributed by atoms with van der Waals surface area (Å²) >= 11 is 1.67. The fourth-order valence-electron chi connectivity index (χ4n) is 3.93. The molecular weight excluding hydrogens is 428 g/mol. The molecule has 1 aliphatic rings. The van der Waals surface area contributed by atoms with Crippen molar-refractivity contribution >= 4 is 28.8 Å². The molecule has 32 heavy (non-hydrogen) atoms. The van der Waals surface area contributed by atoms with Crippen molar-refractivity contribution in [2.45, 2.75) is 26.4 Å². The van der Waals surface area contributed by atoms with E-state index < -0.39 is 5.92 Å². The van der Waals surface area contributed by atoms with E-state index in [-0.39, 0.29) is 18.2 Å². The summed E-state index contributed by atoms with van der Waals surface area (Å²) in [6.45, 7) is 3.22. The second-order valence-corrected chi connectivity index (χ2v) is 9.10. The minimum atomic E-state index is -0.424. The summed E-state index contributed by atoms with van der Waals surface area (Å²) in [7, 11) is 3.12. The Hall–Kier alpha value is -3.26. The molecule has 2 aromatic heterocycles. The van der Waals surface area contributed by atoms with Crippen molar-refractivity contribution in [3.63, 3.8) is 0 Å². The first kappa shape index (κ1) is 22.0. The second kappa shape index (κ2) is 9.48. The molecule has 4 rings (SSSR count). The predicted octanol–water partition coefficient (Wildman–Crippen LogP) is 4.25. The number of anilines is 1. The van der Waals surface area contributed by atoms with Crippen molar-refractivity contribution in [1.82, 2.24) is 4.90 Å². The highest BCUT2D eigenvalue weighted by molar-refractivity contribution is 7.11. The molecule has 3 heterocycles. The maximum Gasteiger partial charge on any atom is 0.228 e. The minimum Gasteiger partial charge on any atom is -0.493 e. The fourth-order valence-corrected chi connectivity index (χ4v) is 4.84. The first-order valence-corrected chi connectivity index (χ1v) is 11.2. The van der Waals surface area contributed by atoms with Gasteiger partial charge >= 0.3 is 0 Å². The largest absolute Gasteiger partial charge is 0.493 e. The zero-order valence-corrected chi connectivity index (χ0v) is 19.2. The van der Waals surface area contributed by atoms with Gasteiger partial charge in [0, 0.05) is 34.5 Å².